The minimum Gasteiger partial charge on any atom is -0.324 e. The third kappa shape index (κ3) is 5.58. The number of benzene rings is 2. The van der Waals surface area contributed by atoms with Crippen LogP contribution in [-0.4, -0.2) is 54.7 Å². The Kier molecular flexibility index (Phi) is 6.94. The van der Waals surface area contributed by atoms with Crippen LogP contribution in [0.1, 0.15) is 16.7 Å². The third-order valence-corrected chi connectivity index (χ3v) is 5.89. The Morgan fingerprint density at radius 3 is 2.15 bits per heavy atom. The summed E-state index contributed by atoms with van der Waals surface area (Å²) in [5, 5.41) is 3.09. The van der Waals surface area contributed by atoms with Gasteiger partial charge >= 0.3 is 0 Å². The number of piperazine rings is 1. The second kappa shape index (κ2) is 9.40. The maximum Gasteiger partial charge on any atom is 0.238 e. The highest BCUT2D eigenvalue weighted by Gasteiger charge is 2.19. The summed E-state index contributed by atoms with van der Waals surface area (Å²) in [6, 6.07) is 14.9. The van der Waals surface area contributed by atoms with Crippen molar-refractivity contribution in [1.82, 2.24) is 9.80 Å². The fraction of sp³-hybridized carbons (Fsp3) is 0.409. The number of rotatable bonds is 6. The van der Waals surface area contributed by atoms with Gasteiger partial charge in [0.15, 0.2) is 0 Å². The zero-order chi connectivity index (χ0) is 19.2. The summed E-state index contributed by atoms with van der Waals surface area (Å²) in [4.78, 5) is 18.5. The van der Waals surface area contributed by atoms with E-state index in [1.165, 1.54) is 10.5 Å². The molecule has 1 fully saturated rings. The van der Waals surface area contributed by atoms with E-state index in [0.29, 0.717) is 6.54 Å². The number of nitrogens with one attached hydrogen (secondary N) is 1. The Morgan fingerprint density at radius 2 is 1.56 bits per heavy atom. The molecular formula is C22H29N3OS. The zero-order valence-corrected chi connectivity index (χ0v) is 17.3. The number of thioether (sulfide) groups is 1. The van der Waals surface area contributed by atoms with E-state index >= 15 is 0 Å². The van der Waals surface area contributed by atoms with Crippen molar-refractivity contribution in [2.75, 3.05) is 44.3 Å². The molecule has 1 aliphatic heterocycles. The van der Waals surface area contributed by atoms with E-state index in [1.807, 2.05) is 32.0 Å². The van der Waals surface area contributed by atoms with Crippen molar-refractivity contribution in [2.45, 2.75) is 25.3 Å². The molecule has 2 aromatic carbocycles. The van der Waals surface area contributed by atoms with E-state index < -0.39 is 0 Å². The molecular weight excluding hydrogens is 354 g/mol. The van der Waals surface area contributed by atoms with E-state index in [4.69, 9.17) is 0 Å². The molecule has 2 aromatic rings. The monoisotopic (exact) mass is 383 g/mol. The number of anilines is 1. The number of carbonyl (C=O) groups is 1. The van der Waals surface area contributed by atoms with Crippen LogP contribution in [0.15, 0.2) is 47.4 Å². The van der Waals surface area contributed by atoms with Crippen LogP contribution in [0.2, 0.25) is 0 Å². The molecule has 4 nitrogen and oxygen atoms in total. The topological polar surface area (TPSA) is 35.6 Å². The highest BCUT2D eigenvalue weighted by Crippen LogP contribution is 2.19. The van der Waals surface area contributed by atoms with Gasteiger partial charge < -0.3 is 5.32 Å². The molecule has 0 radical (unpaired) electrons. The first kappa shape index (κ1) is 19.9. The predicted octanol–water partition coefficient (Wildman–Crippen LogP) is 3.78. The van der Waals surface area contributed by atoms with E-state index in [0.717, 1.165) is 49.5 Å². The first-order chi connectivity index (χ1) is 13.0. The van der Waals surface area contributed by atoms with Crippen LogP contribution in [0.3, 0.4) is 0 Å². The molecule has 27 heavy (non-hydrogen) atoms. The minimum absolute atomic E-state index is 0.0773. The normalized spacial score (nSPS) is 15.7. The minimum atomic E-state index is 0.0773. The van der Waals surface area contributed by atoms with Crippen LogP contribution in [0.4, 0.5) is 5.69 Å². The summed E-state index contributed by atoms with van der Waals surface area (Å²) in [6.45, 7) is 9.38. The average Bonchev–Trinajstić information content (AvgIpc) is 2.67. The lowest BCUT2D eigenvalue weighted by molar-refractivity contribution is -0.117. The van der Waals surface area contributed by atoms with Gasteiger partial charge in [0, 0.05) is 43.3 Å². The van der Waals surface area contributed by atoms with Crippen molar-refractivity contribution < 1.29 is 4.79 Å². The van der Waals surface area contributed by atoms with Gasteiger partial charge in [0.2, 0.25) is 5.91 Å². The summed E-state index contributed by atoms with van der Waals surface area (Å²) >= 11 is 1.77. The number of nitrogens with zero attached hydrogens (tertiary/aromatic N) is 2. The van der Waals surface area contributed by atoms with Gasteiger partial charge in [0.05, 0.1) is 6.54 Å². The highest BCUT2D eigenvalue weighted by molar-refractivity contribution is 7.98. The van der Waals surface area contributed by atoms with Gasteiger partial charge in [-0.3, -0.25) is 14.6 Å². The van der Waals surface area contributed by atoms with E-state index in [1.54, 1.807) is 11.8 Å². The van der Waals surface area contributed by atoms with Crippen LogP contribution in [-0.2, 0) is 11.3 Å². The lowest BCUT2D eigenvalue weighted by Crippen LogP contribution is -2.48. The van der Waals surface area contributed by atoms with Crippen LogP contribution in [0, 0.1) is 13.8 Å². The molecule has 5 heteroatoms. The largest absolute Gasteiger partial charge is 0.324 e. The van der Waals surface area contributed by atoms with E-state index in [-0.39, 0.29) is 5.91 Å². The second-order valence-electron chi connectivity index (χ2n) is 7.22. The van der Waals surface area contributed by atoms with Gasteiger partial charge in [-0.1, -0.05) is 30.3 Å². The van der Waals surface area contributed by atoms with Gasteiger partial charge in [-0.25, -0.2) is 0 Å². The Hall–Kier alpha value is -1.82. The molecule has 0 spiro atoms. The number of carbonyl (C=O) groups excluding carboxylic acids is 1. The van der Waals surface area contributed by atoms with E-state index in [2.05, 4.69) is 45.6 Å². The Balaban J connectivity index is 1.45. The van der Waals surface area contributed by atoms with Crippen LogP contribution in [0.5, 0.6) is 0 Å². The molecule has 0 atom stereocenters. The lowest BCUT2D eigenvalue weighted by atomic mass is 10.1. The number of hydrogen-bond acceptors (Lipinski definition) is 4. The lowest BCUT2D eigenvalue weighted by Gasteiger charge is -2.34. The molecule has 0 aromatic heterocycles. The third-order valence-electron chi connectivity index (χ3n) is 5.14. The molecule has 3 rings (SSSR count). The summed E-state index contributed by atoms with van der Waals surface area (Å²) in [6.07, 6.45) is 2.10. The van der Waals surface area contributed by atoms with Gasteiger partial charge in [0.25, 0.3) is 0 Å². The first-order valence-electron chi connectivity index (χ1n) is 9.49. The molecule has 1 heterocycles. The molecule has 1 aliphatic rings. The Labute approximate surface area is 166 Å². The Morgan fingerprint density at radius 1 is 0.963 bits per heavy atom. The summed E-state index contributed by atoms with van der Waals surface area (Å²) in [5.41, 5.74) is 4.53. The van der Waals surface area contributed by atoms with Crippen molar-refractivity contribution in [3.05, 3.63) is 59.2 Å². The highest BCUT2D eigenvalue weighted by atomic mass is 32.2. The van der Waals surface area contributed by atoms with Crippen LogP contribution < -0.4 is 5.32 Å². The average molecular weight is 384 g/mol. The van der Waals surface area contributed by atoms with Crippen molar-refractivity contribution >= 4 is 23.4 Å². The molecule has 1 amide bonds. The second-order valence-corrected chi connectivity index (χ2v) is 8.10. The fourth-order valence-electron chi connectivity index (χ4n) is 3.49. The molecule has 144 valence electrons. The number of para-hydroxylation sites is 1. The number of hydrogen-bond donors (Lipinski definition) is 1. The zero-order valence-electron chi connectivity index (χ0n) is 16.5. The van der Waals surface area contributed by atoms with Crippen LogP contribution >= 0.6 is 11.8 Å². The standard InChI is InChI=1S/C22H29N3OS/c1-17-5-4-6-18(2)22(17)23-21(26)16-25-13-11-24(12-14-25)15-19-7-9-20(27-3)10-8-19/h4-10H,11-16H2,1-3H3,(H,23,26). The number of aryl methyl sites for hydroxylation is 2. The number of amides is 1. The van der Waals surface area contributed by atoms with Crippen LogP contribution in [0.25, 0.3) is 0 Å². The molecule has 0 aliphatic carbocycles. The molecule has 0 bridgehead atoms. The van der Waals surface area contributed by atoms with Gasteiger partial charge in [0.1, 0.15) is 0 Å². The SMILES string of the molecule is CSc1ccc(CN2CCN(CC(=O)Nc3c(C)cccc3C)CC2)cc1. The van der Waals surface area contributed by atoms with Gasteiger partial charge in [-0.2, -0.15) is 0 Å². The first-order valence-corrected chi connectivity index (χ1v) is 10.7. The smallest absolute Gasteiger partial charge is 0.238 e. The molecule has 1 saturated heterocycles. The summed E-state index contributed by atoms with van der Waals surface area (Å²) in [5.74, 6) is 0.0773. The molecule has 1 N–H and O–H groups in total. The Bertz CT molecular complexity index is 747. The van der Waals surface area contributed by atoms with Crippen molar-refractivity contribution in [1.29, 1.82) is 0 Å². The maximum atomic E-state index is 12.4. The van der Waals surface area contributed by atoms with Crippen molar-refractivity contribution in [2.24, 2.45) is 0 Å². The van der Waals surface area contributed by atoms with Crippen molar-refractivity contribution in [3.8, 4) is 0 Å². The summed E-state index contributed by atoms with van der Waals surface area (Å²) < 4.78 is 0. The summed E-state index contributed by atoms with van der Waals surface area (Å²) in [7, 11) is 0. The fourth-order valence-corrected chi connectivity index (χ4v) is 3.90. The van der Waals surface area contributed by atoms with Gasteiger partial charge in [-0.15, -0.1) is 11.8 Å². The van der Waals surface area contributed by atoms with Gasteiger partial charge in [-0.05, 0) is 48.9 Å². The molecule has 0 saturated carbocycles. The maximum absolute atomic E-state index is 12.4. The molecule has 0 unspecified atom stereocenters. The van der Waals surface area contributed by atoms with E-state index in [9.17, 15) is 4.79 Å². The predicted molar refractivity (Wildman–Crippen MR) is 114 cm³/mol. The quantitative estimate of drug-likeness (QED) is 0.770. The van der Waals surface area contributed by atoms with Crippen molar-refractivity contribution in [3.63, 3.8) is 0 Å².